The monoisotopic (exact) mass is 388 g/mol. The van der Waals surface area contributed by atoms with E-state index in [-0.39, 0.29) is 36.2 Å². The maximum Gasteiger partial charge on any atom is 0.243 e. The van der Waals surface area contributed by atoms with E-state index in [9.17, 15) is 9.59 Å². The van der Waals surface area contributed by atoms with Gasteiger partial charge in [0.25, 0.3) is 0 Å². The molecule has 1 heterocycles. The highest BCUT2D eigenvalue weighted by Crippen LogP contribution is 2.28. The number of nitrogens with one attached hydrogen (secondary N) is 2. The summed E-state index contributed by atoms with van der Waals surface area (Å²) >= 11 is 6.02. The maximum atomic E-state index is 12.0. The Hall–Kier alpha value is -1.34. The van der Waals surface area contributed by atoms with Crippen LogP contribution < -0.4 is 16.4 Å². The number of nitrogens with two attached hydrogens (primary N) is 1. The summed E-state index contributed by atoms with van der Waals surface area (Å²) in [6.45, 7) is 6.47. The molecular weight excluding hydrogens is 363 g/mol. The standard InChI is InChI=1S/C17H25ClN4O2.ClH/c1-12-13(18)4-3-5-14(12)21-15(23)8-20-16(24)9-22-7-6-17(2,10-19)11-22;/h3-5H,6-11,19H2,1-2H3,(H,20,24)(H,21,23);1H. The molecule has 1 aliphatic rings. The summed E-state index contributed by atoms with van der Waals surface area (Å²) in [7, 11) is 0. The van der Waals surface area contributed by atoms with Gasteiger partial charge in [-0.1, -0.05) is 24.6 Å². The van der Waals surface area contributed by atoms with E-state index in [1.165, 1.54) is 0 Å². The summed E-state index contributed by atoms with van der Waals surface area (Å²) in [6, 6.07) is 5.31. The van der Waals surface area contributed by atoms with E-state index in [1.807, 2.05) is 6.92 Å². The van der Waals surface area contributed by atoms with Crippen LogP contribution in [0.5, 0.6) is 0 Å². The van der Waals surface area contributed by atoms with E-state index in [4.69, 9.17) is 17.3 Å². The molecule has 0 aromatic heterocycles. The highest BCUT2D eigenvalue weighted by Gasteiger charge is 2.33. The van der Waals surface area contributed by atoms with Gasteiger partial charge < -0.3 is 16.4 Å². The second-order valence-electron chi connectivity index (χ2n) is 6.71. The molecule has 2 rings (SSSR count). The van der Waals surface area contributed by atoms with Gasteiger partial charge in [0, 0.05) is 17.3 Å². The molecule has 0 saturated carbocycles. The maximum absolute atomic E-state index is 12.0. The molecule has 1 fully saturated rings. The van der Waals surface area contributed by atoms with Crippen molar-refractivity contribution >= 4 is 41.5 Å². The number of benzene rings is 1. The van der Waals surface area contributed by atoms with Gasteiger partial charge >= 0.3 is 0 Å². The van der Waals surface area contributed by atoms with E-state index >= 15 is 0 Å². The second kappa shape index (κ2) is 9.38. The number of halogens is 2. The minimum absolute atomic E-state index is 0. The average molecular weight is 389 g/mol. The fourth-order valence-electron chi connectivity index (χ4n) is 2.80. The van der Waals surface area contributed by atoms with Gasteiger partial charge in [-0.05, 0) is 49.5 Å². The first-order valence-corrected chi connectivity index (χ1v) is 8.45. The minimum atomic E-state index is -0.276. The predicted molar refractivity (Wildman–Crippen MR) is 103 cm³/mol. The third-order valence-electron chi connectivity index (χ3n) is 4.48. The molecule has 1 aromatic rings. The van der Waals surface area contributed by atoms with Gasteiger partial charge in [0.1, 0.15) is 0 Å². The van der Waals surface area contributed by atoms with Gasteiger partial charge in [-0.15, -0.1) is 12.4 Å². The summed E-state index contributed by atoms with van der Waals surface area (Å²) in [4.78, 5) is 26.0. The molecule has 8 heteroatoms. The molecule has 4 N–H and O–H groups in total. The lowest BCUT2D eigenvalue weighted by Gasteiger charge is -2.22. The van der Waals surface area contributed by atoms with Crippen LogP contribution in [0.1, 0.15) is 18.9 Å². The smallest absolute Gasteiger partial charge is 0.243 e. The van der Waals surface area contributed by atoms with E-state index in [2.05, 4.69) is 22.5 Å². The first kappa shape index (κ1) is 21.7. The van der Waals surface area contributed by atoms with Crippen molar-refractivity contribution in [1.82, 2.24) is 10.2 Å². The number of hydrogen-bond acceptors (Lipinski definition) is 4. The van der Waals surface area contributed by atoms with Crippen LogP contribution in [0.3, 0.4) is 0 Å². The largest absolute Gasteiger partial charge is 0.346 e. The lowest BCUT2D eigenvalue weighted by molar-refractivity contribution is -0.124. The molecule has 1 aliphatic heterocycles. The van der Waals surface area contributed by atoms with Crippen molar-refractivity contribution in [2.75, 3.05) is 38.0 Å². The van der Waals surface area contributed by atoms with E-state index in [1.54, 1.807) is 18.2 Å². The van der Waals surface area contributed by atoms with Crippen LogP contribution in [-0.2, 0) is 9.59 Å². The number of likely N-dealkylation sites (tertiary alicyclic amines) is 1. The van der Waals surface area contributed by atoms with Crippen molar-refractivity contribution in [2.24, 2.45) is 11.1 Å². The van der Waals surface area contributed by atoms with Gasteiger partial charge in [-0.25, -0.2) is 0 Å². The lowest BCUT2D eigenvalue weighted by Crippen LogP contribution is -2.41. The summed E-state index contributed by atoms with van der Waals surface area (Å²) in [6.07, 6.45) is 0.991. The molecule has 25 heavy (non-hydrogen) atoms. The third-order valence-corrected chi connectivity index (χ3v) is 4.89. The number of hydrogen-bond donors (Lipinski definition) is 3. The first-order chi connectivity index (χ1) is 11.3. The Morgan fingerprint density at radius 2 is 2.08 bits per heavy atom. The summed E-state index contributed by atoms with van der Waals surface area (Å²) < 4.78 is 0. The number of amides is 2. The molecule has 0 bridgehead atoms. The Labute approximate surface area is 159 Å². The normalized spacial score (nSPS) is 20.0. The molecule has 6 nitrogen and oxygen atoms in total. The second-order valence-corrected chi connectivity index (χ2v) is 7.12. The zero-order chi connectivity index (χ0) is 17.7. The summed E-state index contributed by atoms with van der Waals surface area (Å²) in [5, 5.41) is 6.00. The van der Waals surface area contributed by atoms with Crippen LogP contribution >= 0.6 is 24.0 Å². The van der Waals surface area contributed by atoms with Gasteiger partial charge in [0.15, 0.2) is 0 Å². The fourth-order valence-corrected chi connectivity index (χ4v) is 2.98. The zero-order valence-corrected chi connectivity index (χ0v) is 16.2. The van der Waals surface area contributed by atoms with Crippen molar-refractivity contribution in [3.05, 3.63) is 28.8 Å². The van der Waals surface area contributed by atoms with Crippen molar-refractivity contribution < 1.29 is 9.59 Å². The minimum Gasteiger partial charge on any atom is -0.346 e. The van der Waals surface area contributed by atoms with Gasteiger partial charge in [0.05, 0.1) is 13.1 Å². The third kappa shape index (κ3) is 6.15. The van der Waals surface area contributed by atoms with Gasteiger partial charge in [-0.2, -0.15) is 0 Å². The van der Waals surface area contributed by atoms with Crippen LogP contribution in [-0.4, -0.2) is 49.4 Å². The Bertz CT molecular complexity index is 627. The van der Waals surface area contributed by atoms with E-state index in [0.29, 0.717) is 23.8 Å². The van der Waals surface area contributed by atoms with Crippen molar-refractivity contribution in [3.8, 4) is 0 Å². The van der Waals surface area contributed by atoms with Crippen molar-refractivity contribution in [2.45, 2.75) is 20.3 Å². The lowest BCUT2D eigenvalue weighted by atomic mass is 9.90. The molecule has 1 saturated heterocycles. The first-order valence-electron chi connectivity index (χ1n) is 8.07. The molecule has 2 amide bonds. The van der Waals surface area contributed by atoms with Crippen molar-refractivity contribution in [1.29, 1.82) is 0 Å². The predicted octanol–water partition coefficient (Wildman–Crippen LogP) is 1.80. The Balaban J connectivity index is 0.00000312. The highest BCUT2D eigenvalue weighted by molar-refractivity contribution is 6.31. The number of rotatable bonds is 6. The molecule has 140 valence electrons. The fraction of sp³-hybridized carbons (Fsp3) is 0.529. The van der Waals surface area contributed by atoms with Gasteiger partial charge in [-0.3, -0.25) is 14.5 Å². The summed E-state index contributed by atoms with van der Waals surface area (Å²) in [5.74, 6) is -0.434. The van der Waals surface area contributed by atoms with E-state index in [0.717, 1.165) is 25.1 Å². The van der Waals surface area contributed by atoms with Crippen LogP contribution in [0, 0.1) is 12.3 Å². The molecule has 1 atom stereocenters. The van der Waals surface area contributed by atoms with Crippen LogP contribution in [0.4, 0.5) is 5.69 Å². The van der Waals surface area contributed by atoms with Crippen LogP contribution in [0.15, 0.2) is 18.2 Å². The Kier molecular flexibility index (Phi) is 8.15. The van der Waals surface area contributed by atoms with Crippen LogP contribution in [0.25, 0.3) is 0 Å². The van der Waals surface area contributed by atoms with Gasteiger partial charge in [0.2, 0.25) is 11.8 Å². The molecular formula is C17H26Cl2N4O2. The van der Waals surface area contributed by atoms with Crippen molar-refractivity contribution in [3.63, 3.8) is 0 Å². The molecule has 1 unspecified atom stereocenters. The Morgan fingerprint density at radius 1 is 1.36 bits per heavy atom. The number of nitrogens with zero attached hydrogens (tertiary/aromatic N) is 1. The molecule has 0 spiro atoms. The topological polar surface area (TPSA) is 87.5 Å². The highest BCUT2D eigenvalue weighted by atomic mass is 35.5. The van der Waals surface area contributed by atoms with E-state index < -0.39 is 0 Å². The average Bonchev–Trinajstić information content (AvgIpc) is 2.92. The zero-order valence-electron chi connectivity index (χ0n) is 14.6. The quantitative estimate of drug-likeness (QED) is 0.693. The SMILES string of the molecule is Cc1c(Cl)cccc1NC(=O)CNC(=O)CN1CCC(C)(CN)C1.Cl. The number of anilines is 1. The summed E-state index contributed by atoms with van der Waals surface area (Å²) in [5.41, 5.74) is 7.31. The Morgan fingerprint density at radius 3 is 2.72 bits per heavy atom. The number of carbonyl (C=O) groups excluding carboxylic acids is 2. The molecule has 0 aliphatic carbocycles. The number of carbonyl (C=O) groups is 2. The van der Waals surface area contributed by atoms with Crippen LogP contribution in [0.2, 0.25) is 5.02 Å². The molecule has 0 radical (unpaired) electrons. The molecule has 1 aromatic carbocycles.